The fourth-order valence-electron chi connectivity index (χ4n) is 2.48. The molecule has 0 amide bonds. The van der Waals surface area contributed by atoms with E-state index in [0.717, 1.165) is 18.8 Å². The fraction of sp³-hybridized carbons (Fsp3) is 0.385. The predicted molar refractivity (Wildman–Crippen MR) is 71.3 cm³/mol. The van der Waals surface area contributed by atoms with Crippen LogP contribution < -0.4 is 0 Å². The predicted octanol–water partition coefficient (Wildman–Crippen LogP) is 2.28. The summed E-state index contributed by atoms with van der Waals surface area (Å²) in [5, 5.41) is 7.27. The van der Waals surface area contributed by atoms with Gasteiger partial charge in [0, 0.05) is 13.0 Å². The Morgan fingerprint density at radius 1 is 1.50 bits per heavy atom. The number of aromatic amines is 1. The smallest absolute Gasteiger partial charge is 0.195 e. The molecule has 18 heavy (non-hydrogen) atoms. The number of nitrogens with zero attached hydrogens (tertiary/aromatic N) is 2. The Balaban J connectivity index is 1.93. The Bertz CT molecular complexity index is 617. The lowest BCUT2D eigenvalue weighted by Gasteiger charge is -2.29. The van der Waals surface area contributed by atoms with Gasteiger partial charge in [0.1, 0.15) is 5.82 Å². The zero-order chi connectivity index (χ0) is 12.5. The highest BCUT2D eigenvalue weighted by molar-refractivity contribution is 7.71. The van der Waals surface area contributed by atoms with E-state index in [1.165, 1.54) is 11.1 Å². The molecule has 1 aromatic carbocycles. The van der Waals surface area contributed by atoms with Gasteiger partial charge in [-0.15, -0.1) is 0 Å². The summed E-state index contributed by atoms with van der Waals surface area (Å²) in [6.07, 6.45) is 1.04. The lowest BCUT2D eigenvalue weighted by molar-refractivity contribution is 0.185. The summed E-state index contributed by atoms with van der Waals surface area (Å²) >= 11 is 5.27. The van der Waals surface area contributed by atoms with Crippen molar-refractivity contribution in [2.45, 2.75) is 18.9 Å². The molecular weight excluding hydrogens is 246 g/mol. The molecule has 5 heteroatoms. The second-order valence-electron chi connectivity index (χ2n) is 4.49. The summed E-state index contributed by atoms with van der Waals surface area (Å²) in [5.41, 5.74) is 2.78. The van der Waals surface area contributed by atoms with E-state index in [1.807, 2.05) is 4.57 Å². The molecule has 1 unspecified atom stereocenters. The van der Waals surface area contributed by atoms with Gasteiger partial charge in [-0.3, -0.25) is 5.10 Å². The third-order valence-electron chi connectivity index (χ3n) is 3.47. The maximum atomic E-state index is 5.27. The summed E-state index contributed by atoms with van der Waals surface area (Å²) in [7, 11) is 1.70. The molecule has 1 N–H and O–H groups in total. The van der Waals surface area contributed by atoms with Gasteiger partial charge < -0.3 is 9.30 Å². The van der Waals surface area contributed by atoms with Crippen molar-refractivity contribution >= 4 is 12.2 Å². The van der Waals surface area contributed by atoms with Crippen molar-refractivity contribution in [2.24, 2.45) is 0 Å². The van der Waals surface area contributed by atoms with Gasteiger partial charge in [-0.1, -0.05) is 24.3 Å². The van der Waals surface area contributed by atoms with Gasteiger partial charge in [0.05, 0.1) is 13.2 Å². The molecule has 0 fully saturated rings. The van der Waals surface area contributed by atoms with Crippen LogP contribution in [-0.4, -0.2) is 28.5 Å². The molecular formula is C13H15N3OS. The van der Waals surface area contributed by atoms with Crippen LogP contribution in [0.5, 0.6) is 0 Å². The molecule has 1 aromatic heterocycles. The molecule has 4 nitrogen and oxygen atoms in total. The molecule has 0 radical (unpaired) electrons. The first-order chi connectivity index (χ1) is 8.81. The van der Waals surface area contributed by atoms with Crippen LogP contribution in [0.25, 0.3) is 0 Å². The number of aromatic nitrogens is 3. The normalized spacial score (nSPS) is 17.3. The standard InChI is InChI=1S/C13H15N3OS/c1-17-7-6-16-12(14-15-13(16)18)11-8-9-4-2-3-5-10(9)11/h2-5,11H,6-8H2,1H3,(H,15,18). The summed E-state index contributed by atoms with van der Waals surface area (Å²) in [5.74, 6) is 1.39. The van der Waals surface area contributed by atoms with E-state index in [4.69, 9.17) is 17.0 Å². The summed E-state index contributed by atoms with van der Waals surface area (Å²) in [6.45, 7) is 1.40. The van der Waals surface area contributed by atoms with Gasteiger partial charge >= 0.3 is 0 Å². The molecule has 0 spiro atoms. The van der Waals surface area contributed by atoms with Gasteiger partial charge in [-0.25, -0.2) is 0 Å². The van der Waals surface area contributed by atoms with E-state index in [0.29, 0.717) is 17.3 Å². The average Bonchev–Trinajstić information content (AvgIpc) is 2.70. The number of hydrogen-bond donors (Lipinski definition) is 1. The fourth-order valence-corrected chi connectivity index (χ4v) is 2.71. The van der Waals surface area contributed by atoms with Crippen molar-refractivity contribution < 1.29 is 4.74 Å². The molecule has 0 saturated heterocycles. The topological polar surface area (TPSA) is 42.8 Å². The number of benzene rings is 1. The zero-order valence-electron chi connectivity index (χ0n) is 10.2. The van der Waals surface area contributed by atoms with E-state index in [-0.39, 0.29) is 0 Å². The van der Waals surface area contributed by atoms with Crippen LogP contribution in [0.2, 0.25) is 0 Å². The molecule has 94 valence electrons. The van der Waals surface area contributed by atoms with E-state index >= 15 is 0 Å². The van der Waals surface area contributed by atoms with Crippen molar-refractivity contribution in [3.05, 3.63) is 46.0 Å². The minimum atomic E-state index is 0.367. The first-order valence-electron chi connectivity index (χ1n) is 6.03. The molecule has 0 aliphatic heterocycles. The van der Waals surface area contributed by atoms with Crippen molar-refractivity contribution in [3.63, 3.8) is 0 Å². The van der Waals surface area contributed by atoms with Crippen LogP contribution in [-0.2, 0) is 17.7 Å². The quantitative estimate of drug-likeness (QED) is 0.859. The van der Waals surface area contributed by atoms with Gasteiger partial charge in [-0.05, 0) is 29.8 Å². The second-order valence-corrected chi connectivity index (χ2v) is 4.87. The summed E-state index contributed by atoms with van der Waals surface area (Å²) < 4.78 is 7.83. The first kappa shape index (κ1) is 11.6. The monoisotopic (exact) mass is 261 g/mol. The minimum Gasteiger partial charge on any atom is -0.383 e. The van der Waals surface area contributed by atoms with E-state index in [1.54, 1.807) is 7.11 Å². The molecule has 1 aliphatic carbocycles. The molecule has 1 aliphatic rings. The molecule has 1 atom stereocenters. The number of methoxy groups -OCH3 is 1. The Kier molecular flexibility index (Phi) is 3.01. The molecule has 0 saturated carbocycles. The van der Waals surface area contributed by atoms with E-state index in [2.05, 4.69) is 34.5 Å². The van der Waals surface area contributed by atoms with E-state index in [9.17, 15) is 0 Å². The van der Waals surface area contributed by atoms with Crippen LogP contribution in [0.3, 0.4) is 0 Å². The Hall–Kier alpha value is -1.46. The SMILES string of the molecule is COCCn1c(C2Cc3ccccc32)n[nH]c1=S. The van der Waals surface area contributed by atoms with Gasteiger partial charge in [0.15, 0.2) is 4.77 Å². The number of rotatable bonds is 4. The maximum Gasteiger partial charge on any atom is 0.195 e. The summed E-state index contributed by atoms with van der Waals surface area (Å²) in [4.78, 5) is 0. The zero-order valence-corrected chi connectivity index (χ0v) is 11.0. The number of hydrogen-bond acceptors (Lipinski definition) is 3. The largest absolute Gasteiger partial charge is 0.383 e. The Morgan fingerprint density at radius 2 is 2.33 bits per heavy atom. The summed E-state index contributed by atoms with van der Waals surface area (Å²) in [6, 6.07) is 8.50. The lowest BCUT2D eigenvalue weighted by atomic mass is 9.77. The number of nitrogens with one attached hydrogen (secondary N) is 1. The number of ether oxygens (including phenoxy) is 1. The van der Waals surface area contributed by atoms with Crippen molar-refractivity contribution in [3.8, 4) is 0 Å². The molecule has 3 rings (SSSR count). The Labute approximate surface area is 111 Å². The van der Waals surface area contributed by atoms with Crippen LogP contribution in [0, 0.1) is 4.77 Å². The molecule has 0 bridgehead atoms. The van der Waals surface area contributed by atoms with Crippen LogP contribution >= 0.6 is 12.2 Å². The molecule has 2 aromatic rings. The average molecular weight is 261 g/mol. The third kappa shape index (κ3) is 1.79. The first-order valence-corrected chi connectivity index (χ1v) is 6.44. The third-order valence-corrected chi connectivity index (χ3v) is 3.78. The van der Waals surface area contributed by atoms with Crippen LogP contribution in [0.4, 0.5) is 0 Å². The number of fused-ring (bicyclic) bond motifs is 1. The van der Waals surface area contributed by atoms with Gasteiger partial charge in [0.25, 0.3) is 0 Å². The van der Waals surface area contributed by atoms with Crippen LogP contribution in [0.1, 0.15) is 22.9 Å². The maximum absolute atomic E-state index is 5.27. The van der Waals surface area contributed by atoms with Gasteiger partial charge in [0.2, 0.25) is 0 Å². The van der Waals surface area contributed by atoms with Gasteiger partial charge in [-0.2, -0.15) is 5.10 Å². The van der Waals surface area contributed by atoms with Crippen molar-refractivity contribution in [2.75, 3.05) is 13.7 Å². The highest BCUT2D eigenvalue weighted by Crippen LogP contribution is 2.38. The highest BCUT2D eigenvalue weighted by atomic mass is 32.1. The second kappa shape index (κ2) is 4.66. The lowest BCUT2D eigenvalue weighted by Crippen LogP contribution is -2.22. The highest BCUT2D eigenvalue weighted by Gasteiger charge is 2.30. The van der Waals surface area contributed by atoms with E-state index < -0.39 is 0 Å². The van der Waals surface area contributed by atoms with Crippen LogP contribution in [0.15, 0.2) is 24.3 Å². The number of H-pyrrole nitrogens is 1. The van der Waals surface area contributed by atoms with Crippen molar-refractivity contribution in [1.29, 1.82) is 0 Å². The Morgan fingerprint density at radius 3 is 3.11 bits per heavy atom. The molecule has 1 heterocycles. The van der Waals surface area contributed by atoms with Crippen molar-refractivity contribution in [1.82, 2.24) is 14.8 Å². The minimum absolute atomic E-state index is 0.367.